The van der Waals surface area contributed by atoms with Crippen molar-refractivity contribution in [1.82, 2.24) is 15.6 Å². The first-order valence-corrected chi connectivity index (χ1v) is 9.91. The first-order valence-electron chi connectivity index (χ1n) is 9.91. The Morgan fingerprint density at radius 2 is 1.71 bits per heavy atom. The van der Waals surface area contributed by atoms with Crippen LogP contribution in [0.25, 0.3) is 11.3 Å². The lowest BCUT2D eigenvalue weighted by atomic mass is 10.1. The maximum atomic E-state index is 12.4. The fourth-order valence-corrected chi connectivity index (χ4v) is 3.01. The molecule has 0 fully saturated rings. The molecule has 0 bridgehead atoms. The Kier molecular flexibility index (Phi) is 6.18. The lowest BCUT2D eigenvalue weighted by Crippen LogP contribution is -2.19. The number of aromatic nitrogens is 2. The summed E-state index contributed by atoms with van der Waals surface area (Å²) in [5.41, 5.74) is 7.16. The van der Waals surface area contributed by atoms with Gasteiger partial charge >= 0.3 is 0 Å². The van der Waals surface area contributed by atoms with Crippen molar-refractivity contribution >= 4 is 11.6 Å². The molecule has 0 aliphatic rings. The van der Waals surface area contributed by atoms with E-state index in [0.29, 0.717) is 18.0 Å². The van der Waals surface area contributed by atoms with Gasteiger partial charge in [-0.25, -0.2) is 5.43 Å². The molecule has 4 rings (SSSR count). The van der Waals surface area contributed by atoms with E-state index >= 15 is 0 Å². The molecule has 4 aromatic rings. The molecule has 0 spiro atoms. The molecule has 0 radical (unpaired) electrons. The van der Waals surface area contributed by atoms with E-state index in [0.717, 1.165) is 28.2 Å². The molecule has 2 N–H and O–H groups in total. The number of benzene rings is 3. The average Bonchev–Trinajstić information content (AvgIpc) is 3.33. The Hall–Kier alpha value is -4.19. The Morgan fingerprint density at radius 3 is 2.48 bits per heavy atom. The molecular formula is C25H22N4O2. The lowest BCUT2D eigenvalue weighted by molar-refractivity contribution is 0.0950. The predicted molar refractivity (Wildman–Crippen MR) is 121 cm³/mol. The van der Waals surface area contributed by atoms with Crippen LogP contribution in [0.2, 0.25) is 0 Å². The van der Waals surface area contributed by atoms with Gasteiger partial charge in [-0.2, -0.15) is 10.2 Å². The normalized spacial score (nSPS) is 11.2. The number of nitrogens with one attached hydrogen (secondary N) is 2. The van der Waals surface area contributed by atoms with Gasteiger partial charge in [0.1, 0.15) is 18.1 Å². The highest BCUT2D eigenvalue weighted by molar-refractivity contribution is 6.00. The van der Waals surface area contributed by atoms with Crippen LogP contribution < -0.4 is 10.2 Å². The maximum Gasteiger partial charge on any atom is 0.289 e. The zero-order valence-corrected chi connectivity index (χ0v) is 17.1. The first-order chi connectivity index (χ1) is 15.2. The van der Waals surface area contributed by atoms with Gasteiger partial charge < -0.3 is 4.74 Å². The van der Waals surface area contributed by atoms with Gasteiger partial charge in [-0.05, 0) is 36.2 Å². The van der Waals surface area contributed by atoms with Gasteiger partial charge in [0, 0.05) is 5.56 Å². The van der Waals surface area contributed by atoms with Crippen molar-refractivity contribution in [3.63, 3.8) is 0 Å². The van der Waals surface area contributed by atoms with E-state index in [1.807, 2.05) is 91.9 Å². The molecule has 0 atom stereocenters. The van der Waals surface area contributed by atoms with Crippen molar-refractivity contribution in [2.75, 3.05) is 0 Å². The number of carbonyl (C=O) groups excluding carboxylic acids is 1. The van der Waals surface area contributed by atoms with Crippen molar-refractivity contribution in [3.05, 3.63) is 108 Å². The quantitative estimate of drug-likeness (QED) is 0.339. The van der Waals surface area contributed by atoms with E-state index < -0.39 is 0 Å². The van der Waals surface area contributed by atoms with Crippen LogP contribution in [0.15, 0.2) is 96.1 Å². The number of rotatable bonds is 7. The highest BCUT2D eigenvalue weighted by Crippen LogP contribution is 2.23. The zero-order chi connectivity index (χ0) is 21.5. The number of hydrogen-bond acceptors (Lipinski definition) is 4. The van der Waals surface area contributed by atoms with E-state index in [-0.39, 0.29) is 5.91 Å². The predicted octanol–water partition coefficient (Wildman–Crippen LogP) is 4.81. The van der Waals surface area contributed by atoms with E-state index in [1.54, 1.807) is 6.07 Å². The Balaban J connectivity index is 1.41. The summed E-state index contributed by atoms with van der Waals surface area (Å²) in [6.07, 6.45) is 0. The minimum atomic E-state index is -0.356. The minimum Gasteiger partial charge on any atom is -0.489 e. The Morgan fingerprint density at radius 1 is 0.968 bits per heavy atom. The molecule has 0 saturated heterocycles. The summed E-state index contributed by atoms with van der Waals surface area (Å²) in [4.78, 5) is 12.4. The smallest absolute Gasteiger partial charge is 0.289 e. The van der Waals surface area contributed by atoms with Gasteiger partial charge in [0.25, 0.3) is 5.91 Å². The molecule has 31 heavy (non-hydrogen) atoms. The second kappa shape index (κ2) is 9.54. The highest BCUT2D eigenvalue weighted by Gasteiger charge is 2.11. The number of H-pyrrole nitrogens is 1. The van der Waals surface area contributed by atoms with Crippen LogP contribution in [0.4, 0.5) is 0 Å². The third-order valence-corrected chi connectivity index (χ3v) is 4.72. The first kappa shape index (κ1) is 20.1. The van der Waals surface area contributed by atoms with Gasteiger partial charge in [0.15, 0.2) is 0 Å². The number of hydrazone groups is 1. The monoisotopic (exact) mass is 410 g/mol. The summed E-state index contributed by atoms with van der Waals surface area (Å²) < 4.78 is 5.88. The van der Waals surface area contributed by atoms with Crippen LogP contribution in [-0.2, 0) is 6.61 Å². The molecule has 0 saturated carbocycles. The van der Waals surface area contributed by atoms with Gasteiger partial charge in [-0.1, -0.05) is 72.8 Å². The molecule has 0 aliphatic heterocycles. The minimum absolute atomic E-state index is 0.329. The molecule has 0 unspecified atom stereocenters. The van der Waals surface area contributed by atoms with E-state index in [4.69, 9.17) is 4.74 Å². The summed E-state index contributed by atoms with van der Waals surface area (Å²) in [6.45, 7) is 2.33. The van der Waals surface area contributed by atoms with Gasteiger partial charge in [0.05, 0.1) is 11.4 Å². The standard InChI is InChI=1S/C25H22N4O2/c1-18(20-11-6-3-7-12-20)26-29-25(30)24-16-23(27-28-24)21-13-8-14-22(15-21)31-17-19-9-4-2-5-10-19/h2-16H,17H2,1H3,(H,27,28)(H,29,30). The second-order valence-electron chi connectivity index (χ2n) is 6.97. The number of amides is 1. The van der Waals surface area contributed by atoms with Crippen LogP contribution in [0.3, 0.4) is 0 Å². The number of carbonyl (C=O) groups is 1. The third-order valence-electron chi connectivity index (χ3n) is 4.72. The van der Waals surface area contributed by atoms with Crippen molar-refractivity contribution in [2.45, 2.75) is 13.5 Å². The Labute approximate surface area is 180 Å². The summed E-state index contributed by atoms with van der Waals surface area (Å²) in [5, 5.41) is 11.2. The van der Waals surface area contributed by atoms with E-state index in [2.05, 4.69) is 20.7 Å². The van der Waals surface area contributed by atoms with Crippen LogP contribution in [-0.4, -0.2) is 21.8 Å². The van der Waals surface area contributed by atoms with Gasteiger partial charge in [-0.15, -0.1) is 0 Å². The molecule has 154 valence electrons. The highest BCUT2D eigenvalue weighted by atomic mass is 16.5. The van der Waals surface area contributed by atoms with Crippen molar-refractivity contribution in [3.8, 4) is 17.0 Å². The Bertz CT molecular complexity index is 1180. The summed E-state index contributed by atoms with van der Waals surface area (Å²) in [5.74, 6) is 0.379. The summed E-state index contributed by atoms with van der Waals surface area (Å²) >= 11 is 0. The molecule has 0 aliphatic carbocycles. The second-order valence-corrected chi connectivity index (χ2v) is 6.97. The maximum absolute atomic E-state index is 12.4. The van der Waals surface area contributed by atoms with Crippen LogP contribution in [0.1, 0.15) is 28.5 Å². The molecule has 3 aromatic carbocycles. The van der Waals surface area contributed by atoms with Crippen LogP contribution in [0.5, 0.6) is 5.75 Å². The number of hydrogen-bond donors (Lipinski definition) is 2. The molecule has 1 heterocycles. The van der Waals surface area contributed by atoms with E-state index in [9.17, 15) is 4.79 Å². The van der Waals surface area contributed by atoms with Crippen molar-refractivity contribution in [1.29, 1.82) is 0 Å². The number of aromatic amines is 1. The van der Waals surface area contributed by atoms with E-state index in [1.165, 1.54) is 0 Å². The third kappa shape index (κ3) is 5.25. The zero-order valence-electron chi connectivity index (χ0n) is 17.1. The number of nitrogens with zero attached hydrogens (tertiary/aromatic N) is 2. The lowest BCUT2D eigenvalue weighted by Gasteiger charge is -2.07. The fourth-order valence-electron chi connectivity index (χ4n) is 3.01. The fraction of sp³-hybridized carbons (Fsp3) is 0.0800. The molecule has 6 heteroatoms. The summed E-state index contributed by atoms with van der Waals surface area (Å²) in [7, 11) is 0. The molecule has 1 aromatic heterocycles. The van der Waals surface area contributed by atoms with Crippen LogP contribution >= 0.6 is 0 Å². The average molecular weight is 410 g/mol. The van der Waals surface area contributed by atoms with Gasteiger partial charge in [0.2, 0.25) is 0 Å². The topological polar surface area (TPSA) is 79.4 Å². The largest absolute Gasteiger partial charge is 0.489 e. The SMILES string of the molecule is CC(=NNC(=O)c1cc(-c2cccc(OCc3ccccc3)c2)n[nH]1)c1ccccc1. The van der Waals surface area contributed by atoms with Crippen LogP contribution in [0, 0.1) is 0 Å². The van der Waals surface area contributed by atoms with Gasteiger partial charge in [-0.3, -0.25) is 9.89 Å². The summed E-state index contributed by atoms with van der Waals surface area (Å²) in [6, 6.07) is 29.0. The number of ether oxygens (including phenoxy) is 1. The molecule has 1 amide bonds. The molecular weight excluding hydrogens is 388 g/mol. The molecule has 6 nitrogen and oxygen atoms in total. The van der Waals surface area contributed by atoms with Crippen molar-refractivity contribution in [2.24, 2.45) is 5.10 Å². The van der Waals surface area contributed by atoms with Crippen molar-refractivity contribution < 1.29 is 9.53 Å².